The van der Waals surface area contributed by atoms with Crippen LogP contribution in [0, 0.1) is 17.8 Å². The molecule has 0 spiro atoms. The standard InChI is InChI=1S/C14H27NO3/c1-11(10-18-2)7-14(17)15-8-12-5-3-4-6-13(12)9-16/h11-13,16H,3-10H2,1-2H3,(H,15,17). The summed E-state index contributed by atoms with van der Waals surface area (Å²) in [6, 6.07) is 0. The highest BCUT2D eigenvalue weighted by Crippen LogP contribution is 2.29. The fourth-order valence-electron chi connectivity index (χ4n) is 2.77. The van der Waals surface area contributed by atoms with E-state index in [0.717, 1.165) is 12.8 Å². The normalized spacial score (nSPS) is 25.7. The van der Waals surface area contributed by atoms with Gasteiger partial charge in [-0.25, -0.2) is 0 Å². The highest BCUT2D eigenvalue weighted by molar-refractivity contribution is 5.76. The number of methoxy groups -OCH3 is 1. The Kier molecular flexibility index (Phi) is 7.28. The van der Waals surface area contributed by atoms with Gasteiger partial charge in [-0.2, -0.15) is 0 Å². The maximum atomic E-state index is 11.7. The Labute approximate surface area is 110 Å². The summed E-state index contributed by atoms with van der Waals surface area (Å²) in [4.78, 5) is 11.7. The van der Waals surface area contributed by atoms with E-state index in [1.54, 1.807) is 7.11 Å². The summed E-state index contributed by atoms with van der Waals surface area (Å²) < 4.78 is 5.02. The topological polar surface area (TPSA) is 58.6 Å². The van der Waals surface area contributed by atoms with Crippen LogP contribution in [0.4, 0.5) is 0 Å². The van der Waals surface area contributed by atoms with Crippen molar-refractivity contribution in [1.82, 2.24) is 5.32 Å². The van der Waals surface area contributed by atoms with Crippen molar-refractivity contribution in [3.63, 3.8) is 0 Å². The monoisotopic (exact) mass is 257 g/mol. The molecule has 1 aliphatic carbocycles. The highest BCUT2D eigenvalue weighted by atomic mass is 16.5. The maximum Gasteiger partial charge on any atom is 0.220 e. The minimum atomic E-state index is 0.0989. The number of hydrogen-bond donors (Lipinski definition) is 2. The molecule has 0 aliphatic heterocycles. The molecule has 0 aromatic heterocycles. The second-order valence-electron chi connectivity index (χ2n) is 5.56. The van der Waals surface area contributed by atoms with Gasteiger partial charge in [-0.1, -0.05) is 19.8 Å². The SMILES string of the molecule is COCC(C)CC(=O)NCC1CCCCC1CO. The minimum Gasteiger partial charge on any atom is -0.396 e. The van der Waals surface area contributed by atoms with Gasteiger partial charge in [0.25, 0.3) is 0 Å². The lowest BCUT2D eigenvalue weighted by molar-refractivity contribution is -0.122. The third-order valence-corrected chi connectivity index (χ3v) is 3.85. The summed E-state index contributed by atoms with van der Waals surface area (Å²) in [7, 11) is 1.66. The highest BCUT2D eigenvalue weighted by Gasteiger charge is 2.24. The van der Waals surface area contributed by atoms with Crippen LogP contribution in [0.5, 0.6) is 0 Å². The van der Waals surface area contributed by atoms with Crippen LogP contribution in [0.1, 0.15) is 39.0 Å². The summed E-state index contributed by atoms with van der Waals surface area (Å²) in [6.07, 6.45) is 5.16. The number of amides is 1. The molecule has 2 N–H and O–H groups in total. The zero-order valence-electron chi connectivity index (χ0n) is 11.7. The van der Waals surface area contributed by atoms with Gasteiger partial charge in [-0.15, -0.1) is 0 Å². The molecule has 0 radical (unpaired) electrons. The molecule has 0 aromatic rings. The van der Waals surface area contributed by atoms with Gasteiger partial charge < -0.3 is 15.2 Å². The van der Waals surface area contributed by atoms with Crippen molar-refractivity contribution in [3.05, 3.63) is 0 Å². The molecule has 18 heavy (non-hydrogen) atoms. The first-order chi connectivity index (χ1) is 8.67. The number of ether oxygens (including phenoxy) is 1. The molecule has 1 rings (SSSR count). The van der Waals surface area contributed by atoms with E-state index in [1.165, 1.54) is 12.8 Å². The van der Waals surface area contributed by atoms with Gasteiger partial charge in [0.15, 0.2) is 0 Å². The van der Waals surface area contributed by atoms with E-state index in [4.69, 9.17) is 4.74 Å². The zero-order chi connectivity index (χ0) is 13.4. The quantitative estimate of drug-likeness (QED) is 0.728. The molecule has 0 heterocycles. The minimum absolute atomic E-state index is 0.0989. The predicted molar refractivity (Wildman–Crippen MR) is 71.2 cm³/mol. The van der Waals surface area contributed by atoms with E-state index in [0.29, 0.717) is 31.4 Å². The van der Waals surface area contributed by atoms with Gasteiger partial charge >= 0.3 is 0 Å². The Hall–Kier alpha value is -0.610. The third-order valence-electron chi connectivity index (χ3n) is 3.85. The second kappa shape index (κ2) is 8.48. The Morgan fingerprint density at radius 2 is 2.06 bits per heavy atom. The fourth-order valence-corrected chi connectivity index (χ4v) is 2.77. The molecule has 1 amide bonds. The van der Waals surface area contributed by atoms with Gasteiger partial charge in [0.05, 0.1) is 0 Å². The molecule has 3 unspecified atom stereocenters. The van der Waals surface area contributed by atoms with E-state index >= 15 is 0 Å². The zero-order valence-corrected chi connectivity index (χ0v) is 11.7. The van der Waals surface area contributed by atoms with Crippen LogP contribution in [0.25, 0.3) is 0 Å². The van der Waals surface area contributed by atoms with Crippen LogP contribution in [0.3, 0.4) is 0 Å². The average Bonchev–Trinajstić information content (AvgIpc) is 2.37. The summed E-state index contributed by atoms with van der Waals surface area (Å²) in [5.41, 5.74) is 0. The number of hydrogen-bond acceptors (Lipinski definition) is 3. The maximum absolute atomic E-state index is 11.7. The van der Waals surface area contributed by atoms with Crippen molar-refractivity contribution in [2.24, 2.45) is 17.8 Å². The van der Waals surface area contributed by atoms with Crippen LogP contribution in [-0.2, 0) is 9.53 Å². The van der Waals surface area contributed by atoms with Crippen molar-refractivity contribution in [2.75, 3.05) is 26.9 Å². The van der Waals surface area contributed by atoms with E-state index < -0.39 is 0 Å². The summed E-state index contributed by atoms with van der Waals surface area (Å²) in [5, 5.41) is 12.3. The smallest absolute Gasteiger partial charge is 0.220 e. The van der Waals surface area contributed by atoms with Crippen molar-refractivity contribution in [2.45, 2.75) is 39.0 Å². The molecular formula is C14H27NO3. The number of carbonyl (C=O) groups is 1. The third kappa shape index (κ3) is 5.36. The first-order valence-electron chi connectivity index (χ1n) is 7.03. The van der Waals surface area contributed by atoms with Gasteiger partial charge in [0, 0.05) is 33.3 Å². The molecule has 0 bridgehead atoms. The van der Waals surface area contributed by atoms with E-state index in [2.05, 4.69) is 5.32 Å². The van der Waals surface area contributed by atoms with Crippen molar-refractivity contribution < 1.29 is 14.6 Å². The lowest BCUT2D eigenvalue weighted by Gasteiger charge is -2.30. The van der Waals surface area contributed by atoms with Crippen LogP contribution >= 0.6 is 0 Å². The Balaban J connectivity index is 2.24. The molecule has 1 fully saturated rings. The molecule has 1 saturated carbocycles. The first-order valence-corrected chi connectivity index (χ1v) is 7.03. The summed E-state index contributed by atoms with van der Waals surface area (Å²) in [5.74, 6) is 1.18. The number of rotatable bonds is 7. The lowest BCUT2D eigenvalue weighted by Crippen LogP contribution is -2.36. The molecule has 4 heteroatoms. The predicted octanol–water partition coefficient (Wildman–Crippen LogP) is 1.57. The number of carbonyl (C=O) groups excluding carboxylic acids is 1. The number of nitrogens with one attached hydrogen (secondary N) is 1. The fraction of sp³-hybridized carbons (Fsp3) is 0.929. The van der Waals surface area contributed by atoms with E-state index in [1.807, 2.05) is 6.92 Å². The molecule has 106 valence electrons. The summed E-state index contributed by atoms with van der Waals surface area (Å²) in [6.45, 7) is 3.60. The van der Waals surface area contributed by atoms with Crippen LogP contribution in [0.15, 0.2) is 0 Å². The Morgan fingerprint density at radius 1 is 1.39 bits per heavy atom. The lowest BCUT2D eigenvalue weighted by atomic mass is 9.79. The van der Waals surface area contributed by atoms with Gasteiger partial charge in [-0.05, 0) is 30.6 Å². The number of aliphatic hydroxyl groups is 1. The first kappa shape index (κ1) is 15.4. The Morgan fingerprint density at radius 3 is 2.67 bits per heavy atom. The van der Waals surface area contributed by atoms with Crippen LogP contribution in [0.2, 0.25) is 0 Å². The molecule has 1 aliphatic rings. The van der Waals surface area contributed by atoms with Crippen molar-refractivity contribution in [3.8, 4) is 0 Å². The molecule has 3 atom stereocenters. The van der Waals surface area contributed by atoms with E-state index in [9.17, 15) is 9.90 Å². The van der Waals surface area contributed by atoms with E-state index in [-0.39, 0.29) is 18.4 Å². The van der Waals surface area contributed by atoms with Gasteiger partial charge in [-0.3, -0.25) is 4.79 Å². The van der Waals surface area contributed by atoms with Crippen LogP contribution in [-0.4, -0.2) is 37.9 Å². The van der Waals surface area contributed by atoms with Crippen molar-refractivity contribution >= 4 is 5.91 Å². The number of aliphatic hydroxyl groups excluding tert-OH is 1. The van der Waals surface area contributed by atoms with Crippen molar-refractivity contribution in [1.29, 1.82) is 0 Å². The largest absolute Gasteiger partial charge is 0.396 e. The molecule has 0 saturated heterocycles. The van der Waals surface area contributed by atoms with Gasteiger partial charge in [0.2, 0.25) is 5.91 Å². The Bertz CT molecular complexity index is 245. The van der Waals surface area contributed by atoms with Gasteiger partial charge in [0.1, 0.15) is 0 Å². The molecule has 0 aromatic carbocycles. The summed E-state index contributed by atoms with van der Waals surface area (Å²) >= 11 is 0. The second-order valence-corrected chi connectivity index (χ2v) is 5.56. The van der Waals surface area contributed by atoms with Crippen LogP contribution < -0.4 is 5.32 Å². The molecular weight excluding hydrogens is 230 g/mol. The molecule has 4 nitrogen and oxygen atoms in total. The average molecular weight is 257 g/mol.